The van der Waals surface area contributed by atoms with Gasteiger partial charge in [-0.2, -0.15) is 0 Å². The number of hydrogen-bond donors (Lipinski definition) is 1. The van der Waals surface area contributed by atoms with E-state index in [4.69, 9.17) is 0 Å². The number of aromatic nitrogens is 1. The summed E-state index contributed by atoms with van der Waals surface area (Å²) in [6.45, 7) is 5.92. The number of carbonyl (C=O) groups excluding carboxylic acids is 1. The standard InChI is InChI=1S/C12H15N3O.C2H6/c1-15-7-4-12(5-8-15)10-9(14-11(12)16)3-2-6-13-10;1-2/h2-3,6H,4-5,7-8H2,1H3,(H,14,16);1-2H3. The topological polar surface area (TPSA) is 45.2 Å². The van der Waals surface area contributed by atoms with Crippen molar-refractivity contribution in [3.8, 4) is 0 Å². The van der Waals surface area contributed by atoms with Gasteiger partial charge in [0.05, 0.1) is 16.8 Å². The molecule has 18 heavy (non-hydrogen) atoms. The molecule has 3 heterocycles. The maximum Gasteiger partial charge on any atom is 0.236 e. The van der Waals surface area contributed by atoms with Crippen LogP contribution in [-0.4, -0.2) is 35.9 Å². The highest BCUT2D eigenvalue weighted by Gasteiger charge is 2.49. The Bertz CT molecular complexity index is 436. The highest BCUT2D eigenvalue weighted by molar-refractivity contribution is 6.05. The Hall–Kier alpha value is -1.42. The van der Waals surface area contributed by atoms with Gasteiger partial charge in [-0.15, -0.1) is 0 Å². The van der Waals surface area contributed by atoms with Crippen LogP contribution < -0.4 is 5.32 Å². The fraction of sp³-hybridized carbons (Fsp3) is 0.571. The van der Waals surface area contributed by atoms with Crippen LogP contribution in [0.25, 0.3) is 0 Å². The zero-order chi connectivity index (χ0) is 13.2. The van der Waals surface area contributed by atoms with Crippen molar-refractivity contribution in [3.05, 3.63) is 24.0 Å². The van der Waals surface area contributed by atoms with Crippen molar-refractivity contribution < 1.29 is 4.79 Å². The van der Waals surface area contributed by atoms with Gasteiger partial charge < -0.3 is 10.2 Å². The average molecular weight is 247 g/mol. The first-order chi connectivity index (χ1) is 8.72. The smallest absolute Gasteiger partial charge is 0.236 e. The third-order valence-corrected chi connectivity index (χ3v) is 3.78. The van der Waals surface area contributed by atoms with Crippen molar-refractivity contribution in [2.45, 2.75) is 32.1 Å². The van der Waals surface area contributed by atoms with Gasteiger partial charge in [0.1, 0.15) is 0 Å². The van der Waals surface area contributed by atoms with E-state index in [2.05, 4.69) is 22.2 Å². The van der Waals surface area contributed by atoms with Gasteiger partial charge >= 0.3 is 0 Å². The monoisotopic (exact) mass is 247 g/mol. The van der Waals surface area contributed by atoms with Gasteiger partial charge in [-0.05, 0) is 45.1 Å². The predicted octanol–water partition coefficient (Wildman–Crippen LogP) is 2.02. The number of anilines is 1. The molecule has 0 saturated carbocycles. The molecule has 1 aromatic heterocycles. The summed E-state index contributed by atoms with van der Waals surface area (Å²) < 4.78 is 0. The maximum atomic E-state index is 12.1. The molecule has 0 radical (unpaired) electrons. The minimum Gasteiger partial charge on any atom is -0.324 e. The molecule has 1 saturated heterocycles. The third-order valence-electron chi connectivity index (χ3n) is 3.78. The Morgan fingerprint density at radius 1 is 1.33 bits per heavy atom. The summed E-state index contributed by atoms with van der Waals surface area (Å²) in [5, 5.41) is 2.95. The molecule has 4 nitrogen and oxygen atoms in total. The van der Waals surface area contributed by atoms with Gasteiger partial charge in [-0.3, -0.25) is 9.78 Å². The molecule has 3 rings (SSSR count). The van der Waals surface area contributed by atoms with Gasteiger partial charge in [-0.25, -0.2) is 0 Å². The third kappa shape index (κ3) is 1.90. The van der Waals surface area contributed by atoms with Crippen molar-refractivity contribution in [2.24, 2.45) is 0 Å². The van der Waals surface area contributed by atoms with Gasteiger partial charge in [0.15, 0.2) is 0 Å². The lowest BCUT2D eigenvalue weighted by atomic mass is 9.76. The number of nitrogens with zero attached hydrogens (tertiary/aromatic N) is 2. The van der Waals surface area contributed by atoms with Crippen molar-refractivity contribution in [3.63, 3.8) is 0 Å². The minimum atomic E-state index is -0.358. The van der Waals surface area contributed by atoms with Crippen LogP contribution in [0.3, 0.4) is 0 Å². The first kappa shape index (κ1) is 13.0. The maximum absolute atomic E-state index is 12.1. The van der Waals surface area contributed by atoms with E-state index in [0.717, 1.165) is 37.3 Å². The van der Waals surface area contributed by atoms with Crippen LogP contribution >= 0.6 is 0 Å². The van der Waals surface area contributed by atoms with Crippen LogP contribution in [0.1, 0.15) is 32.4 Å². The van der Waals surface area contributed by atoms with E-state index < -0.39 is 0 Å². The van der Waals surface area contributed by atoms with E-state index >= 15 is 0 Å². The van der Waals surface area contributed by atoms with Crippen LogP contribution in [-0.2, 0) is 10.2 Å². The first-order valence-corrected chi connectivity index (χ1v) is 6.68. The Balaban J connectivity index is 0.000000574. The number of fused-ring (bicyclic) bond motifs is 2. The number of nitrogens with one attached hydrogen (secondary N) is 1. The van der Waals surface area contributed by atoms with E-state index in [0.29, 0.717) is 0 Å². The molecule has 0 aliphatic carbocycles. The molecule has 0 unspecified atom stereocenters. The molecule has 1 N–H and O–H groups in total. The fourth-order valence-electron chi connectivity index (χ4n) is 2.70. The van der Waals surface area contributed by atoms with E-state index in [1.54, 1.807) is 6.20 Å². The molecular weight excluding hydrogens is 226 g/mol. The number of carbonyl (C=O) groups is 1. The summed E-state index contributed by atoms with van der Waals surface area (Å²) in [7, 11) is 2.10. The van der Waals surface area contributed by atoms with Crippen LogP contribution in [0, 0.1) is 0 Å². The van der Waals surface area contributed by atoms with Gasteiger partial charge in [-0.1, -0.05) is 13.8 Å². The normalized spacial score (nSPS) is 20.9. The van der Waals surface area contributed by atoms with E-state index in [-0.39, 0.29) is 11.3 Å². The number of likely N-dealkylation sites (tertiary alicyclic amines) is 1. The highest BCUT2D eigenvalue weighted by Crippen LogP contribution is 2.43. The minimum absolute atomic E-state index is 0.134. The Kier molecular flexibility index (Phi) is 3.66. The van der Waals surface area contributed by atoms with E-state index in [1.807, 2.05) is 26.0 Å². The van der Waals surface area contributed by atoms with E-state index in [9.17, 15) is 4.79 Å². The van der Waals surface area contributed by atoms with Gasteiger partial charge in [0.25, 0.3) is 0 Å². The molecule has 0 bridgehead atoms. The van der Waals surface area contributed by atoms with Crippen LogP contribution in [0.4, 0.5) is 5.69 Å². The van der Waals surface area contributed by atoms with Crippen LogP contribution in [0.5, 0.6) is 0 Å². The molecule has 2 aliphatic rings. The molecule has 1 amide bonds. The second-order valence-corrected chi connectivity index (χ2v) is 4.74. The molecule has 1 spiro atoms. The Morgan fingerprint density at radius 2 is 2.00 bits per heavy atom. The second-order valence-electron chi connectivity index (χ2n) is 4.74. The summed E-state index contributed by atoms with van der Waals surface area (Å²) >= 11 is 0. The molecule has 2 aliphatic heterocycles. The number of pyridine rings is 1. The summed E-state index contributed by atoms with van der Waals surface area (Å²) in [6, 6.07) is 3.81. The molecule has 1 aromatic rings. The molecule has 4 heteroatoms. The predicted molar refractivity (Wildman–Crippen MR) is 72.6 cm³/mol. The number of amides is 1. The summed E-state index contributed by atoms with van der Waals surface area (Å²) in [6.07, 6.45) is 3.53. The Morgan fingerprint density at radius 3 is 2.67 bits per heavy atom. The summed E-state index contributed by atoms with van der Waals surface area (Å²) in [4.78, 5) is 18.8. The van der Waals surface area contributed by atoms with Crippen molar-refractivity contribution in [2.75, 3.05) is 25.5 Å². The van der Waals surface area contributed by atoms with Crippen molar-refractivity contribution in [1.82, 2.24) is 9.88 Å². The lowest BCUT2D eigenvalue weighted by Gasteiger charge is -2.35. The van der Waals surface area contributed by atoms with Crippen molar-refractivity contribution >= 4 is 11.6 Å². The summed E-state index contributed by atoms with van der Waals surface area (Å²) in [5.41, 5.74) is 1.49. The van der Waals surface area contributed by atoms with E-state index in [1.165, 1.54) is 0 Å². The quantitative estimate of drug-likeness (QED) is 0.763. The molecule has 0 atom stereocenters. The number of hydrogen-bond acceptors (Lipinski definition) is 3. The molecule has 0 aromatic carbocycles. The summed E-state index contributed by atoms with van der Waals surface area (Å²) in [5.74, 6) is 0.134. The van der Waals surface area contributed by atoms with Crippen LogP contribution in [0.2, 0.25) is 0 Å². The second kappa shape index (κ2) is 5.06. The first-order valence-electron chi connectivity index (χ1n) is 6.68. The zero-order valence-electron chi connectivity index (χ0n) is 11.4. The van der Waals surface area contributed by atoms with Gasteiger partial charge in [0, 0.05) is 6.20 Å². The molecule has 1 fully saturated rings. The number of rotatable bonds is 0. The fourth-order valence-corrected chi connectivity index (χ4v) is 2.70. The lowest BCUT2D eigenvalue weighted by molar-refractivity contribution is -0.122. The SMILES string of the molecule is CC.CN1CCC2(CC1)C(=O)Nc1cccnc12. The zero-order valence-corrected chi connectivity index (χ0v) is 11.4. The Labute approximate surface area is 108 Å². The number of piperidine rings is 1. The molecule has 98 valence electrons. The lowest BCUT2D eigenvalue weighted by Crippen LogP contribution is -2.45. The van der Waals surface area contributed by atoms with Crippen molar-refractivity contribution in [1.29, 1.82) is 0 Å². The average Bonchev–Trinajstić information content (AvgIpc) is 2.69. The highest BCUT2D eigenvalue weighted by atomic mass is 16.2. The van der Waals surface area contributed by atoms with Gasteiger partial charge in [0.2, 0.25) is 5.91 Å². The largest absolute Gasteiger partial charge is 0.324 e. The molecular formula is C14H21N3O. The van der Waals surface area contributed by atoms with Crippen LogP contribution in [0.15, 0.2) is 18.3 Å².